The summed E-state index contributed by atoms with van der Waals surface area (Å²) in [6.07, 6.45) is 17.1. The number of hydrogen-bond donors (Lipinski definition) is 1. The molecular weight excluding hydrogens is 340 g/mol. The Morgan fingerprint density at radius 2 is 1.30 bits per heavy atom. The van der Waals surface area contributed by atoms with Crippen LogP contribution in [-0.4, -0.2) is 23.7 Å². The van der Waals surface area contributed by atoms with Crippen molar-refractivity contribution in [2.45, 2.75) is 110 Å². The molecule has 158 valence electrons. The molecule has 0 amide bonds. The summed E-state index contributed by atoms with van der Waals surface area (Å²) in [4.78, 5) is 23.4. The van der Waals surface area contributed by atoms with Gasteiger partial charge in [0.1, 0.15) is 0 Å². The van der Waals surface area contributed by atoms with E-state index in [-0.39, 0.29) is 5.97 Å². The smallest absolute Gasteiger partial charge is 0.309 e. The summed E-state index contributed by atoms with van der Waals surface area (Å²) in [5.41, 5.74) is 0. The van der Waals surface area contributed by atoms with Crippen molar-refractivity contribution in [1.82, 2.24) is 0 Å². The molecule has 1 rings (SSSR count). The van der Waals surface area contributed by atoms with Gasteiger partial charge in [-0.2, -0.15) is 0 Å². The van der Waals surface area contributed by atoms with Crippen molar-refractivity contribution in [1.29, 1.82) is 0 Å². The third kappa shape index (κ3) is 11.4. The van der Waals surface area contributed by atoms with Crippen molar-refractivity contribution in [3.63, 3.8) is 0 Å². The van der Waals surface area contributed by atoms with Gasteiger partial charge >= 0.3 is 11.9 Å². The second-order valence-corrected chi connectivity index (χ2v) is 8.72. The molecule has 4 heteroatoms. The van der Waals surface area contributed by atoms with Crippen LogP contribution in [0.2, 0.25) is 0 Å². The van der Waals surface area contributed by atoms with E-state index in [1.54, 1.807) is 0 Å². The maximum atomic E-state index is 12.1. The van der Waals surface area contributed by atoms with Crippen LogP contribution in [0.15, 0.2) is 0 Å². The van der Waals surface area contributed by atoms with Crippen molar-refractivity contribution >= 4 is 11.9 Å². The van der Waals surface area contributed by atoms with Crippen molar-refractivity contribution in [3.8, 4) is 0 Å². The van der Waals surface area contributed by atoms with E-state index >= 15 is 0 Å². The number of hydrogen-bond acceptors (Lipinski definition) is 3. The van der Waals surface area contributed by atoms with Crippen LogP contribution in [0.5, 0.6) is 0 Å². The van der Waals surface area contributed by atoms with E-state index in [0.29, 0.717) is 19.4 Å². The summed E-state index contributed by atoms with van der Waals surface area (Å²) >= 11 is 0. The summed E-state index contributed by atoms with van der Waals surface area (Å²) in [6.45, 7) is 5.03. The summed E-state index contributed by atoms with van der Waals surface area (Å²) in [5, 5.41) is 9.24. The molecule has 0 aromatic rings. The molecule has 0 spiro atoms. The lowest BCUT2D eigenvalue weighted by atomic mass is 9.79. The third-order valence-corrected chi connectivity index (χ3v) is 5.81. The highest BCUT2D eigenvalue weighted by Gasteiger charge is 2.36. The Balaban J connectivity index is 1.92. The quantitative estimate of drug-likeness (QED) is 0.264. The van der Waals surface area contributed by atoms with E-state index in [0.717, 1.165) is 31.6 Å². The maximum absolute atomic E-state index is 12.1. The number of unbranched alkanes of at least 4 members (excludes halogenated alkanes) is 9. The first-order valence-corrected chi connectivity index (χ1v) is 11.4. The number of esters is 1. The molecule has 0 aromatic heterocycles. The molecule has 0 aliphatic heterocycles. The van der Waals surface area contributed by atoms with Crippen LogP contribution < -0.4 is 0 Å². The molecule has 1 saturated carbocycles. The summed E-state index contributed by atoms with van der Waals surface area (Å²) < 4.78 is 5.36. The molecular formula is C23H42O4. The normalized spacial score (nSPS) is 20.0. The summed E-state index contributed by atoms with van der Waals surface area (Å²) in [6, 6.07) is 0. The molecule has 0 bridgehead atoms. The van der Waals surface area contributed by atoms with E-state index in [1.165, 1.54) is 57.8 Å². The second-order valence-electron chi connectivity index (χ2n) is 8.72. The third-order valence-electron chi connectivity index (χ3n) is 5.81. The highest BCUT2D eigenvalue weighted by molar-refractivity contribution is 5.81. The van der Waals surface area contributed by atoms with E-state index in [9.17, 15) is 14.7 Å². The minimum absolute atomic E-state index is 0.292. The number of ether oxygens (including phenoxy) is 1. The topological polar surface area (TPSA) is 63.6 Å². The number of rotatable bonds is 15. The Labute approximate surface area is 166 Å². The van der Waals surface area contributed by atoms with Crippen molar-refractivity contribution in [2.75, 3.05) is 6.61 Å². The van der Waals surface area contributed by atoms with Crippen LogP contribution in [0, 0.1) is 17.8 Å². The number of carbonyl (C=O) groups is 2. The average Bonchev–Trinajstić information content (AvgIpc) is 2.65. The fourth-order valence-corrected chi connectivity index (χ4v) is 4.06. The lowest BCUT2D eigenvalue weighted by molar-refractivity contribution is -0.159. The van der Waals surface area contributed by atoms with E-state index in [2.05, 4.69) is 13.8 Å². The van der Waals surface area contributed by atoms with Gasteiger partial charge in [-0.15, -0.1) is 0 Å². The summed E-state index contributed by atoms with van der Waals surface area (Å²) in [5.74, 6) is -1.28. The molecule has 0 radical (unpaired) electrons. The van der Waals surface area contributed by atoms with Crippen LogP contribution >= 0.6 is 0 Å². The first kappa shape index (κ1) is 24.0. The minimum Gasteiger partial charge on any atom is -0.481 e. The highest BCUT2D eigenvalue weighted by atomic mass is 16.5. The van der Waals surface area contributed by atoms with Crippen molar-refractivity contribution in [3.05, 3.63) is 0 Å². The molecule has 2 unspecified atom stereocenters. The minimum atomic E-state index is -0.850. The number of aliphatic carboxylic acids is 1. The van der Waals surface area contributed by atoms with Gasteiger partial charge in [-0.1, -0.05) is 90.9 Å². The first-order valence-electron chi connectivity index (χ1n) is 11.4. The standard InChI is InChI=1S/C23H42O4/c1-19(2)15-11-9-7-5-3-4-6-8-10-14-18-27-23(26)21-17-13-12-16-20(21)22(24)25/h19-21H,3-18H2,1-2H3,(H,24,25). The van der Waals surface area contributed by atoms with Crippen LogP contribution in [0.3, 0.4) is 0 Å². The van der Waals surface area contributed by atoms with Crippen LogP contribution in [-0.2, 0) is 14.3 Å². The van der Waals surface area contributed by atoms with Gasteiger partial charge in [-0.25, -0.2) is 0 Å². The van der Waals surface area contributed by atoms with Gasteiger partial charge in [-0.05, 0) is 25.2 Å². The molecule has 0 heterocycles. The number of carboxylic acids is 1. The molecule has 2 atom stereocenters. The van der Waals surface area contributed by atoms with Gasteiger partial charge < -0.3 is 9.84 Å². The zero-order valence-corrected chi connectivity index (χ0v) is 17.7. The SMILES string of the molecule is CC(C)CCCCCCCCCCCCOC(=O)C1CCCCC1C(=O)O. The lowest BCUT2D eigenvalue weighted by Gasteiger charge is -2.26. The van der Waals surface area contributed by atoms with E-state index in [1.807, 2.05) is 0 Å². The number of carboxylic acid groups (broad SMARTS) is 1. The zero-order chi connectivity index (χ0) is 19.9. The Morgan fingerprint density at radius 1 is 0.815 bits per heavy atom. The van der Waals surface area contributed by atoms with Gasteiger partial charge in [-0.3, -0.25) is 9.59 Å². The Kier molecular flexibility index (Phi) is 13.3. The Bertz CT molecular complexity index is 405. The molecule has 4 nitrogen and oxygen atoms in total. The zero-order valence-electron chi connectivity index (χ0n) is 17.7. The van der Waals surface area contributed by atoms with Crippen LogP contribution in [0.1, 0.15) is 110 Å². The predicted octanol–water partition coefficient (Wildman–Crippen LogP) is 6.37. The highest BCUT2D eigenvalue weighted by Crippen LogP contribution is 2.31. The molecule has 0 aromatic carbocycles. The first-order chi connectivity index (χ1) is 13.0. The van der Waals surface area contributed by atoms with Gasteiger partial charge in [0.15, 0.2) is 0 Å². The fourth-order valence-electron chi connectivity index (χ4n) is 4.06. The Hall–Kier alpha value is -1.06. The van der Waals surface area contributed by atoms with E-state index < -0.39 is 17.8 Å². The molecule has 27 heavy (non-hydrogen) atoms. The average molecular weight is 383 g/mol. The van der Waals surface area contributed by atoms with Crippen molar-refractivity contribution < 1.29 is 19.4 Å². The monoisotopic (exact) mass is 382 g/mol. The molecule has 1 N–H and O–H groups in total. The molecule has 1 fully saturated rings. The van der Waals surface area contributed by atoms with Crippen molar-refractivity contribution in [2.24, 2.45) is 17.8 Å². The maximum Gasteiger partial charge on any atom is 0.309 e. The van der Waals surface area contributed by atoms with Gasteiger partial charge in [0.05, 0.1) is 18.4 Å². The van der Waals surface area contributed by atoms with Crippen LogP contribution in [0.25, 0.3) is 0 Å². The van der Waals surface area contributed by atoms with Gasteiger partial charge in [0, 0.05) is 0 Å². The molecule has 1 aliphatic carbocycles. The lowest BCUT2D eigenvalue weighted by Crippen LogP contribution is -2.33. The van der Waals surface area contributed by atoms with Gasteiger partial charge in [0.2, 0.25) is 0 Å². The second kappa shape index (κ2) is 14.9. The molecule has 1 aliphatic rings. The Morgan fingerprint density at radius 3 is 1.81 bits per heavy atom. The van der Waals surface area contributed by atoms with E-state index in [4.69, 9.17) is 4.74 Å². The fraction of sp³-hybridized carbons (Fsp3) is 0.913. The number of carbonyl (C=O) groups excluding carboxylic acids is 1. The predicted molar refractivity (Wildman–Crippen MR) is 110 cm³/mol. The van der Waals surface area contributed by atoms with Gasteiger partial charge in [0.25, 0.3) is 0 Å². The largest absolute Gasteiger partial charge is 0.481 e. The van der Waals surface area contributed by atoms with Crippen LogP contribution in [0.4, 0.5) is 0 Å². The summed E-state index contributed by atoms with van der Waals surface area (Å²) in [7, 11) is 0. The molecule has 0 saturated heterocycles.